The smallest absolute Gasteiger partial charge is 0.241 e. The molecule has 0 aliphatic rings. The van der Waals surface area contributed by atoms with E-state index in [9.17, 15) is 4.79 Å². The van der Waals surface area contributed by atoms with E-state index in [1.165, 1.54) is 0 Å². The van der Waals surface area contributed by atoms with Crippen LogP contribution in [0, 0.1) is 0 Å². The molecule has 16 heavy (non-hydrogen) atoms. The summed E-state index contributed by atoms with van der Waals surface area (Å²) in [6, 6.07) is 7.13. The van der Waals surface area contributed by atoms with E-state index in [-0.39, 0.29) is 5.91 Å². The average Bonchev–Trinajstić information content (AvgIpc) is 2.29. The Kier molecular flexibility index (Phi) is 5.08. The van der Waals surface area contributed by atoms with Crippen molar-refractivity contribution >= 4 is 23.4 Å². The van der Waals surface area contributed by atoms with Gasteiger partial charge in [-0.05, 0) is 30.9 Å². The van der Waals surface area contributed by atoms with Crippen LogP contribution in [0.3, 0.4) is 0 Å². The molecule has 1 aromatic carbocycles. The van der Waals surface area contributed by atoms with Gasteiger partial charge in [0.1, 0.15) is 0 Å². The second kappa shape index (κ2) is 6.35. The van der Waals surface area contributed by atoms with Gasteiger partial charge in [-0.3, -0.25) is 4.79 Å². The van der Waals surface area contributed by atoms with E-state index in [0.29, 0.717) is 6.42 Å². The third-order valence-electron chi connectivity index (χ3n) is 2.09. The highest BCUT2D eigenvalue weighted by molar-refractivity contribution is 7.98. The second-order valence-corrected chi connectivity index (χ2v) is 4.23. The number of amides is 1. The zero-order chi connectivity index (χ0) is 12.0. The summed E-state index contributed by atoms with van der Waals surface area (Å²) in [6.45, 7) is 3.55. The molecule has 0 aliphatic carbocycles. The van der Waals surface area contributed by atoms with E-state index in [0.717, 1.165) is 10.6 Å². The van der Waals surface area contributed by atoms with Crippen LogP contribution in [0.1, 0.15) is 6.42 Å². The molecule has 0 aliphatic heterocycles. The maximum absolute atomic E-state index is 11.6. The maximum Gasteiger partial charge on any atom is 0.241 e. The number of nitrogens with one attached hydrogen (secondary N) is 1. The largest absolute Gasteiger partial charge is 0.325 e. The molecule has 0 aromatic heterocycles. The number of carbonyl (C=O) groups excluding carboxylic acids is 1. The number of nitrogens with two attached hydrogens (primary N) is 1. The van der Waals surface area contributed by atoms with Crippen molar-refractivity contribution in [2.24, 2.45) is 5.73 Å². The molecule has 0 saturated heterocycles. The summed E-state index contributed by atoms with van der Waals surface area (Å²) in [5.74, 6) is -0.182. The van der Waals surface area contributed by atoms with Gasteiger partial charge in [-0.1, -0.05) is 12.1 Å². The van der Waals surface area contributed by atoms with Crippen molar-refractivity contribution in [3.8, 4) is 0 Å². The van der Waals surface area contributed by atoms with Crippen molar-refractivity contribution in [3.05, 3.63) is 36.9 Å². The Morgan fingerprint density at radius 3 is 3.06 bits per heavy atom. The number of benzene rings is 1. The van der Waals surface area contributed by atoms with Crippen LogP contribution in [-0.2, 0) is 4.79 Å². The molecule has 1 unspecified atom stereocenters. The first-order valence-corrected chi connectivity index (χ1v) is 6.21. The SMILES string of the molecule is C=CCC(N)C(=O)Nc1cccc(SC)c1. The molecule has 3 nitrogen and oxygen atoms in total. The van der Waals surface area contributed by atoms with Gasteiger partial charge in [-0.15, -0.1) is 18.3 Å². The molecule has 1 atom stereocenters. The molecule has 1 rings (SSSR count). The fourth-order valence-corrected chi connectivity index (χ4v) is 1.68. The average molecular weight is 236 g/mol. The van der Waals surface area contributed by atoms with Gasteiger partial charge in [-0.25, -0.2) is 0 Å². The zero-order valence-electron chi connectivity index (χ0n) is 9.27. The number of anilines is 1. The number of hydrogen-bond acceptors (Lipinski definition) is 3. The molecular weight excluding hydrogens is 220 g/mol. The molecule has 0 heterocycles. The molecule has 0 radical (unpaired) electrons. The van der Waals surface area contributed by atoms with Gasteiger partial charge in [0.15, 0.2) is 0 Å². The Balaban J connectivity index is 2.65. The summed E-state index contributed by atoms with van der Waals surface area (Å²) < 4.78 is 0. The lowest BCUT2D eigenvalue weighted by molar-refractivity contribution is -0.117. The van der Waals surface area contributed by atoms with Gasteiger partial charge in [0.05, 0.1) is 6.04 Å². The lowest BCUT2D eigenvalue weighted by atomic mass is 10.2. The van der Waals surface area contributed by atoms with E-state index in [1.54, 1.807) is 17.8 Å². The highest BCUT2D eigenvalue weighted by Crippen LogP contribution is 2.18. The second-order valence-electron chi connectivity index (χ2n) is 3.35. The standard InChI is InChI=1S/C12H16N2OS/c1-3-5-11(13)12(15)14-9-6-4-7-10(8-9)16-2/h3-4,6-8,11H,1,5,13H2,2H3,(H,14,15). The first kappa shape index (κ1) is 12.8. The summed E-state index contributed by atoms with van der Waals surface area (Å²) in [4.78, 5) is 12.7. The topological polar surface area (TPSA) is 55.1 Å². The third-order valence-corrected chi connectivity index (χ3v) is 2.82. The fourth-order valence-electron chi connectivity index (χ4n) is 1.22. The summed E-state index contributed by atoms with van der Waals surface area (Å²) in [7, 11) is 0. The molecule has 1 aromatic rings. The van der Waals surface area contributed by atoms with Crippen LogP contribution in [0.5, 0.6) is 0 Å². The minimum absolute atomic E-state index is 0.182. The summed E-state index contributed by atoms with van der Waals surface area (Å²) in [5.41, 5.74) is 6.43. The van der Waals surface area contributed by atoms with E-state index in [4.69, 9.17) is 5.73 Å². The number of thioether (sulfide) groups is 1. The first-order valence-electron chi connectivity index (χ1n) is 4.98. The van der Waals surface area contributed by atoms with Crippen molar-refractivity contribution in [3.63, 3.8) is 0 Å². The van der Waals surface area contributed by atoms with Gasteiger partial charge in [0, 0.05) is 10.6 Å². The number of rotatable bonds is 5. The Bertz CT molecular complexity index is 379. The number of carbonyl (C=O) groups is 1. The maximum atomic E-state index is 11.6. The van der Waals surface area contributed by atoms with Crippen molar-refractivity contribution in [1.29, 1.82) is 0 Å². The van der Waals surface area contributed by atoms with Crippen LogP contribution in [0.4, 0.5) is 5.69 Å². The van der Waals surface area contributed by atoms with Gasteiger partial charge < -0.3 is 11.1 Å². The van der Waals surface area contributed by atoms with E-state index >= 15 is 0 Å². The summed E-state index contributed by atoms with van der Waals surface area (Å²) in [6.07, 6.45) is 4.11. The quantitative estimate of drug-likeness (QED) is 0.609. The molecule has 86 valence electrons. The molecule has 0 saturated carbocycles. The van der Waals surface area contributed by atoms with Crippen molar-refractivity contribution in [1.82, 2.24) is 0 Å². The van der Waals surface area contributed by atoms with Crippen LogP contribution >= 0.6 is 11.8 Å². The monoisotopic (exact) mass is 236 g/mol. The van der Waals surface area contributed by atoms with Gasteiger partial charge >= 0.3 is 0 Å². The molecule has 0 bridgehead atoms. The van der Waals surface area contributed by atoms with Crippen molar-refractivity contribution in [2.75, 3.05) is 11.6 Å². The van der Waals surface area contributed by atoms with Crippen LogP contribution in [-0.4, -0.2) is 18.2 Å². The Labute approximate surface area is 100 Å². The molecule has 1 amide bonds. The first-order chi connectivity index (χ1) is 7.67. The highest BCUT2D eigenvalue weighted by Gasteiger charge is 2.11. The van der Waals surface area contributed by atoms with Crippen LogP contribution in [0.25, 0.3) is 0 Å². The molecule has 3 N–H and O–H groups in total. The van der Waals surface area contributed by atoms with Crippen molar-refractivity contribution < 1.29 is 4.79 Å². The highest BCUT2D eigenvalue weighted by atomic mass is 32.2. The normalized spacial score (nSPS) is 11.9. The lowest BCUT2D eigenvalue weighted by Gasteiger charge is -2.10. The molecular formula is C12H16N2OS. The Morgan fingerprint density at radius 1 is 1.69 bits per heavy atom. The summed E-state index contributed by atoms with van der Waals surface area (Å²) >= 11 is 1.63. The minimum Gasteiger partial charge on any atom is -0.325 e. The molecule has 0 fully saturated rings. The Morgan fingerprint density at radius 2 is 2.44 bits per heavy atom. The predicted molar refractivity (Wildman–Crippen MR) is 69.6 cm³/mol. The van der Waals surface area contributed by atoms with Crippen molar-refractivity contribution in [2.45, 2.75) is 17.4 Å². The van der Waals surface area contributed by atoms with Crippen LogP contribution in [0.15, 0.2) is 41.8 Å². The summed E-state index contributed by atoms with van der Waals surface area (Å²) in [5, 5.41) is 2.78. The van der Waals surface area contributed by atoms with E-state index in [2.05, 4.69) is 11.9 Å². The zero-order valence-corrected chi connectivity index (χ0v) is 10.1. The van der Waals surface area contributed by atoms with Gasteiger partial charge in [0.2, 0.25) is 5.91 Å². The van der Waals surface area contributed by atoms with Crippen LogP contribution in [0.2, 0.25) is 0 Å². The van der Waals surface area contributed by atoms with Gasteiger partial charge in [-0.2, -0.15) is 0 Å². The third kappa shape index (κ3) is 3.72. The van der Waals surface area contributed by atoms with Crippen LogP contribution < -0.4 is 11.1 Å². The van der Waals surface area contributed by atoms with Gasteiger partial charge in [0.25, 0.3) is 0 Å². The fraction of sp³-hybridized carbons (Fsp3) is 0.250. The van der Waals surface area contributed by atoms with E-state index in [1.807, 2.05) is 30.5 Å². The number of hydrogen-bond donors (Lipinski definition) is 2. The Hall–Kier alpha value is -1.26. The molecule has 4 heteroatoms. The minimum atomic E-state index is -0.532. The predicted octanol–water partition coefficient (Wildman–Crippen LogP) is 2.25. The molecule has 0 spiro atoms. The lowest BCUT2D eigenvalue weighted by Crippen LogP contribution is -2.35. The van der Waals surface area contributed by atoms with E-state index < -0.39 is 6.04 Å².